The molecule has 1 amide bonds. The third-order valence-electron chi connectivity index (χ3n) is 3.38. The number of fused-ring (bicyclic) bond motifs is 1. The predicted octanol–water partition coefficient (Wildman–Crippen LogP) is 0.645. The standard InChI is InChI=1S/C15H15N5O3/c21-13(17-4-1-6-20-7-5-16-9-20)10-2-3-11-12(8-10)19-15(23)14(22)18-11/h2-3,5,7-9H,1,4,6H2,(H,17,21)(H,18,22)(H,19,23). The Hall–Kier alpha value is -3.16. The molecule has 3 aromatic rings. The second-order valence-electron chi connectivity index (χ2n) is 5.03. The van der Waals surface area contributed by atoms with Crippen LogP contribution in [-0.2, 0) is 6.54 Å². The minimum Gasteiger partial charge on any atom is -0.489 e. The Morgan fingerprint density at radius 2 is 2.26 bits per heavy atom. The molecule has 0 bridgehead atoms. The molecule has 0 aliphatic rings. The van der Waals surface area contributed by atoms with E-state index in [1.54, 1.807) is 24.7 Å². The lowest BCUT2D eigenvalue weighted by Crippen LogP contribution is -2.25. The van der Waals surface area contributed by atoms with Crippen LogP contribution in [0.25, 0.3) is 11.0 Å². The quantitative estimate of drug-likeness (QED) is 0.598. The zero-order chi connectivity index (χ0) is 16.2. The molecule has 3 rings (SSSR count). The second-order valence-corrected chi connectivity index (χ2v) is 5.03. The number of H-pyrrole nitrogens is 1. The zero-order valence-electron chi connectivity index (χ0n) is 12.2. The van der Waals surface area contributed by atoms with E-state index in [1.807, 2.05) is 10.8 Å². The largest absolute Gasteiger partial charge is 0.489 e. The molecule has 0 atom stereocenters. The van der Waals surface area contributed by atoms with Gasteiger partial charge in [0.1, 0.15) is 0 Å². The van der Waals surface area contributed by atoms with Crippen molar-refractivity contribution in [2.45, 2.75) is 13.0 Å². The molecule has 0 spiro atoms. The molecule has 0 unspecified atom stereocenters. The van der Waals surface area contributed by atoms with Crippen LogP contribution in [0.5, 0.6) is 5.88 Å². The number of carbonyl (C=O) groups excluding carboxylic acids is 1. The van der Waals surface area contributed by atoms with E-state index in [9.17, 15) is 14.7 Å². The summed E-state index contributed by atoms with van der Waals surface area (Å²) in [6.45, 7) is 1.30. The highest BCUT2D eigenvalue weighted by Gasteiger charge is 2.08. The van der Waals surface area contributed by atoms with Gasteiger partial charge < -0.3 is 20.0 Å². The van der Waals surface area contributed by atoms with Crippen LogP contribution in [-0.4, -0.2) is 37.1 Å². The molecule has 1 aromatic carbocycles. The van der Waals surface area contributed by atoms with Crippen LogP contribution in [0.3, 0.4) is 0 Å². The molecule has 3 N–H and O–H groups in total. The Labute approximate surface area is 130 Å². The maximum absolute atomic E-state index is 12.1. The van der Waals surface area contributed by atoms with Gasteiger partial charge in [-0.15, -0.1) is 0 Å². The maximum Gasteiger partial charge on any atom is 0.310 e. The number of hydrogen-bond donors (Lipinski definition) is 3. The Morgan fingerprint density at radius 3 is 3.04 bits per heavy atom. The monoisotopic (exact) mass is 313 g/mol. The minimum absolute atomic E-state index is 0.231. The van der Waals surface area contributed by atoms with Gasteiger partial charge in [0.2, 0.25) is 0 Å². The van der Waals surface area contributed by atoms with E-state index in [-0.39, 0.29) is 5.91 Å². The lowest BCUT2D eigenvalue weighted by Gasteiger charge is -2.06. The first kappa shape index (κ1) is 14.8. The van der Waals surface area contributed by atoms with Crippen LogP contribution in [0.15, 0.2) is 41.7 Å². The SMILES string of the molecule is O=C(NCCCn1ccnc1)c1ccc2[nH]c(=O)c(O)nc2c1. The van der Waals surface area contributed by atoms with Crippen molar-refractivity contribution < 1.29 is 9.90 Å². The first-order valence-electron chi connectivity index (χ1n) is 7.10. The lowest BCUT2D eigenvalue weighted by atomic mass is 10.2. The highest BCUT2D eigenvalue weighted by molar-refractivity contribution is 5.97. The fourth-order valence-electron chi connectivity index (χ4n) is 2.20. The van der Waals surface area contributed by atoms with E-state index in [4.69, 9.17) is 0 Å². The van der Waals surface area contributed by atoms with Gasteiger partial charge in [0, 0.05) is 31.0 Å². The van der Waals surface area contributed by atoms with Crippen LogP contribution < -0.4 is 10.9 Å². The number of hydrogen-bond acceptors (Lipinski definition) is 5. The van der Waals surface area contributed by atoms with E-state index in [1.165, 1.54) is 6.07 Å². The van der Waals surface area contributed by atoms with E-state index < -0.39 is 11.4 Å². The summed E-state index contributed by atoms with van der Waals surface area (Å²) >= 11 is 0. The maximum atomic E-state index is 12.1. The van der Waals surface area contributed by atoms with Crippen LogP contribution in [0, 0.1) is 0 Å². The van der Waals surface area contributed by atoms with Crippen molar-refractivity contribution in [3.8, 4) is 5.88 Å². The molecular formula is C15H15N5O3. The number of nitrogens with one attached hydrogen (secondary N) is 2. The third kappa shape index (κ3) is 3.37. The average Bonchev–Trinajstić information content (AvgIpc) is 3.05. The molecule has 8 heteroatoms. The number of imidazole rings is 1. The molecule has 23 heavy (non-hydrogen) atoms. The van der Waals surface area contributed by atoms with Crippen LogP contribution in [0.4, 0.5) is 0 Å². The van der Waals surface area contributed by atoms with Gasteiger partial charge in [-0.25, -0.2) is 9.97 Å². The molecule has 0 radical (unpaired) electrons. The van der Waals surface area contributed by atoms with Crippen LogP contribution >= 0.6 is 0 Å². The van der Waals surface area contributed by atoms with Crippen molar-refractivity contribution in [3.63, 3.8) is 0 Å². The van der Waals surface area contributed by atoms with Gasteiger partial charge in [0.15, 0.2) is 0 Å². The molecule has 0 aliphatic carbocycles. The van der Waals surface area contributed by atoms with Gasteiger partial charge in [0.05, 0.1) is 17.4 Å². The summed E-state index contributed by atoms with van der Waals surface area (Å²) in [4.78, 5) is 33.6. The van der Waals surface area contributed by atoms with E-state index in [2.05, 4.69) is 20.3 Å². The van der Waals surface area contributed by atoms with Crippen molar-refractivity contribution >= 4 is 16.9 Å². The first-order chi connectivity index (χ1) is 11.1. The Kier molecular flexibility index (Phi) is 4.05. The molecule has 0 saturated carbocycles. The number of carbonyl (C=O) groups is 1. The van der Waals surface area contributed by atoms with Gasteiger partial charge in [0.25, 0.3) is 11.8 Å². The summed E-state index contributed by atoms with van der Waals surface area (Å²) in [6, 6.07) is 4.71. The normalized spacial score (nSPS) is 10.8. The number of nitrogens with zero attached hydrogens (tertiary/aromatic N) is 3. The molecule has 0 fully saturated rings. The van der Waals surface area contributed by atoms with Crippen molar-refractivity contribution in [2.24, 2.45) is 0 Å². The van der Waals surface area contributed by atoms with Gasteiger partial charge >= 0.3 is 5.56 Å². The van der Waals surface area contributed by atoms with Gasteiger partial charge in [-0.2, -0.15) is 0 Å². The smallest absolute Gasteiger partial charge is 0.310 e. The molecule has 2 aromatic heterocycles. The van der Waals surface area contributed by atoms with Gasteiger partial charge in [-0.1, -0.05) is 0 Å². The molecule has 0 saturated heterocycles. The molecule has 2 heterocycles. The van der Waals surface area contributed by atoms with E-state index in [0.717, 1.165) is 13.0 Å². The lowest BCUT2D eigenvalue weighted by molar-refractivity contribution is 0.0953. The van der Waals surface area contributed by atoms with Gasteiger partial charge in [-0.05, 0) is 24.6 Å². The number of rotatable bonds is 5. The fourth-order valence-corrected chi connectivity index (χ4v) is 2.20. The number of amides is 1. The highest BCUT2D eigenvalue weighted by Crippen LogP contribution is 2.12. The van der Waals surface area contributed by atoms with E-state index >= 15 is 0 Å². The Balaban J connectivity index is 1.63. The first-order valence-corrected chi connectivity index (χ1v) is 7.10. The van der Waals surface area contributed by atoms with Gasteiger partial charge in [-0.3, -0.25) is 9.59 Å². The highest BCUT2D eigenvalue weighted by atomic mass is 16.3. The van der Waals surface area contributed by atoms with Crippen LogP contribution in [0.1, 0.15) is 16.8 Å². The minimum atomic E-state index is -0.658. The summed E-state index contributed by atoms with van der Waals surface area (Å²) in [5.41, 5.74) is 0.575. The topological polar surface area (TPSA) is 113 Å². The average molecular weight is 313 g/mol. The molecule has 118 valence electrons. The van der Waals surface area contributed by atoms with Crippen molar-refractivity contribution in [3.05, 3.63) is 52.8 Å². The fraction of sp³-hybridized carbons (Fsp3) is 0.200. The van der Waals surface area contributed by atoms with E-state index in [0.29, 0.717) is 23.1 Å². The predicted molar refractivity (Wildman–Crippen MR) is 83.2 cm³/mol. The molecular weight excluding hydrogens is 298 g/mol. The number of aromatic amines is 1. The number of aryl methyl sites for hydroxylation is 1. The Bertz CT molecular complexity index is 886. The molecule has 8 nitrogen and oxygen atoms in total. The summed E-state index contributed by atoms with van der Waals surface area (Å²) in [5, 5.41) is 12.2. The third-order valence-corrected chi connectivity index (χ3v) is 3.38. The second kappa shape index (κ2) is 6.30. The van der Waals surface area contributed by atoms with Crippen molar-refractivity contribution in [2.75, 3.05) is 6.54 Å². The number of aromatic hydroxyl groups is 1. The summed E-state index contributed by atoms with van der Waals surface area (Å²) < 4.78 is 1.94. The van der Waals surface area contributed by atoms with Crippen molar-refractivity contribution in [1.82, 2.24) is 24.8 Å². The van der Waals surface area contributed by atoms with Crippen LogP contribution in [0.2, 0.25) is 0 Å². The summed E-state index contributed by atoms with van der Waals surface area (Å²) in [7, 11) is 0. The zero-order valence-corrected chi connectivity index (χ0v) is 12.2. The summed E-state index contributed by atoms with van der Waals surface area (Å²) in [6.07, 6.45) is 6.08. The molecule has 0 aliphatic heterocycles. The Morgan fingerprint density at radius 1 is 1.39 bits per heavy atom. The summed E-state index contributed by atoms with van der Waals surface area (Å²) in [5.74, 6) is -0.847. The van der Waals surface area contributed by atoms with Crippen molar-refractivity contribution in [1.29, 1.82) is 0 Å². The number of benzene rings is 1. The number of aromatic nitrogens is 4.